The van der Waals surface area contributed by atoms with Crippen LogP contribution in [0.3, 0.4) is 0 Å². The minimum absolute atomic E-state index is 0.348. The molecule has 0 aromatic carbocycles. The molecule has 0 unspecified atom stereocenters. The van der Waals surface area contributed by atoms with E-state index in [2.05, 4.69) is 42.8 Å². The Morgan fingerprint density at radius 3 is 2.53 bits per heavy atom. The Labute approximate surface area is 105 Å². The summed E-state index contributed by atoms with van der Waals surface area (Å²) in [6.07, 6.45) is 7.08. The Bertz CT molecular complexity index is 359. The molecule has 2 heteroatoms. The van der Waals surface area contributed by atoms with E-state index in [9.17, 15) is 0 Å². The lowest BCUT2D eigenvalue weighted by molar-refractivity contribution is 0.411. The fraction of sp³-hybridized carbons (Fsp3) is 0.667. The van der Waals surface area contributed by atoms with E-state index in [0.717, 1.165) is 6.42 Å². The highest BCUT2D eigenvalue weighted by molar-refractivity contribution is 5.41. The lowest BCUT2D eigenvalue weighted by atomic mass is 9.88. The molecule has 1 aliphatic heterocycles. The summed E-state index contributed by atoms with van der Waals surface area (Å²) in [7, 11) is 0. The van der Waals surface area contributed by atoms with Gasteiger partial charge < -0.3 is 4.90 Å². The van der Waals surface area contributed by atoms with Crippen LogP contribution in [0, 0.1) is 5.41 Å². The van der Waals surface area contributed by atoms with Gasteiger partial charge in [-0.1, -0.05) is 20.8 Å². The molecule has 0 amide bonds. The second kappa shape index (κ2) is 5.07. The molecule has 0 radical (unpaired) electrons. The zero-order valence-corrected chi connectivity index (χ0v) is 11.4. The van der Waals surface area contributed by atoms with Gasteiger partial charge in [0, 0.05) is 19.3 Å². The minimum Gasteiger partial charge on any atom is -0.357 e. The summed E-state index contributed by atoms with van der Waals surface area (Å²) in [6, 6.07) is 4.43. The van der Waals surface area contributed by atoms with E-state index >= 15 is 0 Å². The SMILES string of the molecule is CC(C)(C)Cc1ccnc(N2CCCCC2)c1. The maximum absolute atomic E-state index is 4.52. The molecule has 1 aromatic rings. The monoisotopic (exact) mass is 232 g/mol. The number of aromatic nitrogens is 1. The first-order valence-corrected chi connectivity index (χ1v) is 6.74. The van der Waals surface area contributed by atoms with E-state index in [4.69, 9.17) is 0 Å². The molecule has 1 aliphatic rings. The molecule has 1 saturated heterocycles. The average molecular weight is 232 g/mol. The van der Waals surface area contributed by atoms with E-state index in [0.29, 0.717) is 5.41 Å². The highest BCUT2D eigenvalue weighted by atomic mass is 15.2. The van der Waals surface area contributed by atoms with Gasteiger partial charge in [-0.2, -0.15) is 0 Å². The van der Waals surface area contributed by atoms with Crippen molar-refractivity contribution >= 4 is 5.82 Å². The Morgan fingerprint density at radius 2 is 1.88 bits per heavy atom. The summed E-state index contributed by atoms with van der Waals surface area (Å²) >= 11 is 0. The molecule has 0 N–H and O–H groups in total. The van der Waals surface area contributed by atoms with Gasteiger partial charge in [0.2, 0.25) is 0 Å². The summed E-state index contributed by atoms with van der Waals surface area (Å²) < 4.78 is 0. The maximum Gasteiger partial charge on any atom is 0.128 e. The molecule has 0 atom stereocenters. The van der Waals surface area contributed by atoms with Gasteiger partial charge in [0.15, 0.2) is 0 Å². The van der Waals surface area contributed by atoms with Crippen LogP contribution < -0.4 is 4.90 Å². The predicted octanol–water partition coefficient (Wildman–Crippen LogP) is 3.66. The highest BCUT2D eigenvalue weighted by Crippen LogP contribution is 2.23. The molecule has 94 valence electrons. The van der Waals surface area contributed by atoms with Gasteiger partial charge in [-0.05, 0) is 48.8 Å². The van der Waals surface area contributed by atoms with Gasteiger partial charge in [0.25, 0.3) is 0 Å². The predicted molar refractivity (Wildman–Crippen MR) is 73.5 cm³/mol. The molecule has 0 bridgehead atoms. The van der Waals surface area contributed by atoms with Crippen molar-refractivity contribution < 1.29 is 0 Å². The average Bonchev–Trinajstić information content (AvgIpc) is 2.28. The van der Waals surface area contributed by atoms with Crippen molar-refractivity contribution in [3.63, 3.8) is 0 Å². The normalized spacial score (nSPS) is 17.2. The second-order valence-electron chi connectivity index (χ2n) is 6.31. The summed E-state index contributed by atoms with van der Waals surface area (Å²) in [5, 5.41) is 0. The number of anilines is 1. The van der Waals surface area contributed by atoms with Crippen LogP contribution >= 0.6 is 0 Å². The van der Waals surface area contributed by atoms with Gasteiger partial charge in [0.1, 0.15) is 5.82 Å². The molecule has 2 heterocycles. The van der Waals surface area contributed by atoms with Gasteiger partial charge in [-0.25, -0.2) is 4.98 Å². The second-order valence-corrected chi connectivity index (χ2v) is 6.31. The van der Waals surface area contributed by atoms with E-state index in [1.807, 2.05) is 6.20 Å². The molecule has 0 spiro atoms. The van der Waals surface area contributed by atoms with Crippen LogP contribution in [0.25, 0.3) is 0 Å². The number of hydrogen-bond acceptors (Lipinski definition) is 2. The van der Waals surface area contributed by atoms with Crippen molar-refractivity contribution in [2.75, 3.05) is 18.0 Å². The largest absolute Gasteiger partial charge is 0.357 e. The summed E-state index contributed by atoms with van der Waals surface area (Å²) in [6.45, 7) is 9.20. The van der Waals surface area contributed by atoms with Crippen molar-refractivity contribution in [3.8, 4) is 0 Å². The standard InChI is InChI=1S/C15H24N2/c1-15(2,3)12-13-7-8-16-14(11-13)17-9-5-4-6-10-17/h7-8,11H,4-6,9-10,12H2,1-3H3. The van der Waals surface area contributed by atoms with E-state index in [1.54, 1.807) is 0 Å². The third-order valence-electron chi connectivity index (χ3n) is 3.22. The maximum atomic E-state index is 4.52. The first-order valence-electron chi connectivity index (χ1n) is 6.74. The van der Waals surface area contributed by atoms with Gasteiger partial charge in [-0.15, -0.1) is 0 Å². The quantitative estimate of drug-likeness (QED) is 0.773. The summed E-state index contributed by atoms with van der Waals surface area (Å²) in [4.78, 5) is 6.95. The number of nitrogens with zero attached hydrogens (tertiary/aromatic N) is 2. The van der Waals surface area contributed by atoms with Gasteiger partial charge >= 0.3 is 0 Å². The Morgan fingerprint density at radius 1 is 1.18 bits per heavy atom. The lowest BCUT2D eigenvalue weighted by Crippen LogP contribution is -2.30. The number of piperidine rings is 1. The van der Waals surface area contributed by atoms with Gasteiger partial charge in [0.05, 0.1) is 0 Å². The fourth-order valence-electron chi connectivity index (χ4n) is 2.48. The van der Waals surface area contributed by atoms with E-state index in [-0.39, 0.29) is 0 Å². The number of pyridine rings is 1. The van der Waals surface area contributed by atoms with Crippen molar-refractivity contribution in [2.24, 2.45) is 5.41 Å². The van der Waals surface area contributed by atoms with Crippen molar-refractivity contribution in [1.82, 2.24) is 4.98 Å². The van der Waals surface area contributed by atoms with Crippen molar-refractivity contribution in [3.05, 3.63) is 23.9 Å². The van der Waals surface area contributed by atoms with Crippen LogP contribution in [0.2, 0.25) is 0 Å². The fourth-order valence-corrected chi connectivity index (χ4v) is 2.48. The number of hydrogen-bond donors (Lipinski definition) is 0. The molecule has 2 rings (SSSR count). The smallest absolute Gasteiger partial charge is 0.128 e. The molecular formula is C15H24N2. The molecule has 2 nitrogen and oxygen atoms in total. The Kier molecular flexibility index (Phi) is 3.70. The number of rotatable bonds is 2. The van der Waals surface area contributed by atoms with Crippen LogP contribution in [-0.2, 0) is 6.42 Å². The summed E-state index contributed by atoms with van der Waals surface area (Å²) in [5.41, 5.74) is 1.76. The lowest BCUT2D eigenvalue weighted by Gasteiger charge is -2.28. The van der Waals surface area contributed by atoms with Crippen molar-refractivity contribution in [2.45, 2.75) is 46.5 Å². The Hall–Kier alpha value is -1.05. The van der Waals surface area contributed by atoms with Crippen LogP contribution in [0.5, 0.6) is 0 Å². The topological polar surface area (TPSA) is 16.1 Å². The van der Waals surface area contributed by atoms with Crippen LogP contribution in [0.15, 0.2) is 18.3 Å². The third-order valence-corrected chi connectivity index (χ3v) is 3.22. The molecule has 0 aliphatic carbocycles. The molecular weight excluding hydrogens is 208 g/mol. The third kappa shape index (κ3) is 3.72. The molecule has 0 saturated carbocycles. The molecule has 1 aromatic heterocycles. The zero-order chi connectivity index (χ0) is 12.3. The van der Waals surface area contributed by atoms with E-state index < -0.39 is 0 Å². The molecule has 1 fully saturated rings. The molecule has 17 heavy (non-hydrogen) atoms. The Balaban J connectivity index is 2.10. The first kappa shape index (κ1) is 12.4. The first-order chi connectivity index (χ1) is 8.04. The highest BCUT2D eigenvalue weighted by Gasteiger charge is 2.15. The summed E-state index contributed by atoms with van der Waals surface area (Å²) in [5.74, 6) is 1.17. The van der Waals surface area contributed by atoms with Gasteiger partial charge in [-0.3, -0.25) is 0 Å². The van der Waals surface area contributed by atoms with Crippen LogP contribution in [0.1, 0.15) is 45.6 Å². The minimum atomic E-state index is 0.348. The zero-order valence-electron chi connectivity index (χ0n) is 11.4. The van der Waals surface area contributed by atoms with Crippen LogP contribution in [0.4, 0.5) is 5.82 Å². The van der Waals surface area contributed by atoms with Crippen LogP contribution in [-0.4, -0.2) is 18.1 Å². The van der Waals surface area contributed by atoms with Crippen molar-refractivity contribution in [1.29, 1.82) is 0 Å². The van der Waals surface area contributed by atoms with E-state index in [1.165, 1.54) is 43.7 Å².